The SMILES string of the molecule is OCc1ccc(CC2CC2)cc1F. The lowest BCUT2D eigenvalue weighted by molar-refractivity contribution is 0.275. The number of hydrogen-bond donors (Lipinski definition) is 1. The van der Waals surface area contributed by atoms with Gasteiger partial charge >= 0.3 is 0 Å². The molecule has 1 fully saturated rings. The fourth-order valence-corrected chi connectivity index (χ4v) is 1.50. The number of halogens is 1. The third-order valence-electron chi connectivity index (χ3n) is 2.51. The highest BCUT2D eigenvalue weighted by atomic mass is 19.1. The second-order valence-corrected chi connectivity index (χ2v) is 3.73. The minimum absolute atomic E-state index is 0.213. The zero-order valence-corrected chi connectivity index (χ0v) is 7.46. The van der Waals surface area contributed by atoms with E-state index in [2.05, 4.69) is 0 Å². The van der Waals surface area contributed by atoms with Gasteiger partial charge in [-0.25, -0.2) is 4.39 Å². The first-order valence-corrected chi connectivity index (χ1v) is 4.68. The van der Waals surface area contributed by atoms with Crippen molar-refractivity contribution in [3.8, 4) is 0 Å². The van der Waals surface area contributed by atoms with Crippen LogP contribution in [-0.2, 0) is 13.0 Å². The molecule has 0 bridgehead atoms. The van der Waals surface area contributed by atoms with Crippen LogP contribution in [0.1, 0.15) is 24.0 Å². The van der Waals surface area contributed by atoms with Crippen LogP contribution in [0.15, 0.2) is 18.2 Å². The van der Waals surface area contributed by atoms with Crippen molar-refractivity contribution in [2.24, 2.45) is 5.92 Å². The zero-order valence-electron chi connectivity index (χ0n) is 7.46. The van der Waals surface area contributed by atoms with Crippen LogP contribution < -0.4 is 0 Å². The molecule has 0 atom stereocenters. The van der Waals surface area contributed by atoms with Crippen LogP contribution in [0.4, 0.5) is 4.39 Å². The average Bonchev–Trinajstić information content (AvgIpc) is 2.89. The minimum Gasteiger partial charge on any atom is -0.392 e. The summed E-state index contributed by atoms with van der Waals surface area (Å²) in [6, 6.07) is 5.13. The summed E-state index contributed by atoms with van der Waals surface area (Å²) < 4.78 is 13.2. The van der Waals surface area contributed by atoms with Gasteiger partial charge in [-0.05, 0) is 36.8 Å². The van der Waals surface area contributed by atoms with Crippen molar-refractivity contribution in [1.29, 1.82) is 0 Å². The molecule has 1 aromatic rings. The van der Waals surface area contributed by atoms with Crippen molar-refractivity contribution in [2.45, 2.75) is 25.9 Å². The summed E-state index contributed by atoms with van der Waals surface area (Å²) in [5.41, 5.74) is 1.44. The van der Waals surface area contributed by atoms with Gasteiger partial charge in [0.05, 0.1) is 6.61 Å². The number of benzene rings is 1. The van der Waals surface area contributed by atoms with E-state index >= 15 is 0 Å². The Kier molecular flexibility index (Phi) is 2.32. The van der Waals surface area contributed by atoms with E-state index in [1.165, 1.54) is 12.8 Å². The number of aliphatic hydroxyl groups excluding tert-OH is 1. The Bertz CT molecular complexity index is 305. The first-order chi connectivity index (χ1) is 6.29. The van der Waals surface area contributed by atoms with E-state index in [1.54, 1.807) is 12.1 Å². The van der Waals surface area contributed by atoms with Crippen LogP contribution in [0.25, 0.3) is 0 Å². The molecular formula is C11H13FO. The van der Waals surface area contributed by atoms with E-state index in [-0.39, 0.29) is 12.4 Å². The monoisotopic (exact) mass is 180 g/mol. The van der Waals surface area contributed by atoms with Crippen molar-refractivity contribution >= 4 is 0 Å². The Morgan fingerprint density at radius 1 is 1.38 bits per heavy atom. The Hall–Kier alpha value is -0.890. The molecule has 1 aliphatic rings. The van der Waals surface area contributed by atoms with E-state index in [0.29, 0.717) is 5.56 Å². The Morgan fingerprint density at radius 2 is 2.15 bits per heavy atom. The molecule has 1 saturated carbocycles. The highest BCUT2D eigenvalue weighted by Crippen LogP contribution is 2.32. The molecule has 0 aromatic heterocycles. The first-order valence-electron chi connectivity index (χ1n) is 4.68. The van der Waals surface area contributed by atoms with Gasteiger partial charge in [-0.3, -0.25) is 0 Å². The molecule has 0 unspecified atom stereocenters. The average molecular weight is 180 g/mol. The minimum atomic E-state index is -0.277. The van der Waals surface area contributed by atoms with Gasteiger partial charge in [-0.15, -0.1) is 0 Å². The lowest BCUT2D eigenvalue weighted by atomic mass is 10.1. The molecule has 2 heteroatoms. The second-order valence-electron chi connectivity index (χ2n) is 3.73. The molecule has 70 valence electrons. The van der Waals surface area contributed by atoms with E-state index in [0.717, 1.165) is 17.9 Å². The lowest BCUT2D eigenvalue weighted by Gasteiger charge is -2.02. The third kappa shape index (κ3) is 2.07. The molecule has 0 spiro atoms. The van der Waals surface area contributed by atoms with Crippen LogP contribution in [0, 0.1) is 11.7 Å². The Morgan fingerprint density at radius 3 is 2.69 bits per heavy atom. The molecule has 0 heterocycles. The third-order valence-corrected chi connectivity index (χ3v) is 2.51. The zero-order chi connectivity index (χ0) is 9.26. The summed E-state index contributed by atoms with van der Waals surface area (Å²) in [7, 11) is 0. The highest BCUT2D eigenvalue weighted by molar-refractivity contribution is 5.24. The quantitative estimate of drug-likeness (QED) is 0.756. The van der Waals surface area contributed by atoms with E-state index < -0.39 is 0 Å². The standard InChI is InChI=1S/C11H13FO/c12-11-6-9(5-8-1-2-8)3-4-10(11)7-13/h3-4,6,8,13H,1-2,5,7H2. The molecule has 0 amide bonds. The first kappa shape index (κ1) is 8.70. The van der Waals surface area contributed by atoms with Crippen LogP contribution >= 0.6 is 0 Å². The van der Waals surface area contributed by atoms with Crippen molar-refractivity contribution in [3.63, 3.8) is 0 Å². The number of rotatable bonds is 3. The molecule has 1 aliphatic carbocycles. The summed E-state index contributed by atoms with van der Waals surface area (Å²) in [5.74, 6) is 0.500. The maximum atomic E-state index is 13.2. The lowest BCUT2D eigenvalue weighted by Crippen LogP contribution is -1.93. The normalized spacial score (nSPS) is 16.2. The molecule has 1 nitrogen and oxygen atoms in total. The van der Waals surface area contributed by atoms with Crippen LogP contribution in [0.3, 0.4) is 0 Å². The van der Waals surface area contributed by atoms with Gasteiger partial charge in [0.15, 0.2) is 0 Å². The van der Waals surface area contributed by atoms with Gasteiger partial charge in [0, 0.05) is 5.56 Å². The second kappa shape index (κ2) is 3.46. The molecule has 2 rings (SSSR count). The van der Waals surface area contributed by atoms with Gasteiger partial charge < -0.3 is 5.11 Å². The van der Waals surface area contributed by atoms with Gasteiger partial charge in [0.25, 0.3) is 0 Å². The van der Waals surface area contributed by atoms with Crippen molar-refractivity contribution in [2.75, 3.05) is 0 Å². The van der Waals surface area contributed by atoms with Crippen molar-refractivity contribution in [1.82, 2.24) is 0 Å². The molecule has 1 N–H and O–H groups in total. The molecule has 1 aromatic carbocycles. The van der Waals surface area contributed by atoms with Crippen LogP contribution in [-0.4, -0.2) is 5.11 Å². The molecule has 13 heavy (non-hydrogen) atoms. The molecular weight excluding hydrogens is 167 g/mol. The van der Waals surface area contributed by atoms with Gasteiger partial charge in [0.2, 0.25) is 0 Å². The van der Waals surface area contributed by atoms with Crippen molar-refractivity contribution in [3.05, 3.63) is 35.1 Å². The summed E-state index contributed by atoms with van der Waals surface area (Å²) in [5, 5.41) is 8.76. The number of hydrogen-bond acceptors (Lipinski definition) is 1. The van der Waals surface area contributed by atoms with Crippen LogP contribution in [0.5, 0.6) is 0 Å². The Balaban J connectivity index is 2.13. The van der Waals surface area contributed by atoms with Gasteiger partial charge in [0.1, 0.15) is 5.82 Å². The van der Waals surface area contributed by atoms with Gasteiger partial charge in [-0.2, -0.15) is 0 Å². The predicted octanol–water partition coefficient (Wildman–Crippen LogP) is 2.27. The van der Waals surface area contributed by atoms with Crippen molar-refractivity contribution < 1.29 is 9.50 Å². The largest absolute Gasteiger partial charge is 0.392 e. The maximum absolute atomic E-state index is 13.2. The van der Waals surface area contributed by atoms with E-state index in [1.807, 2.05) is 6.07 Å². The maximum Gasteiger partial charge on any atom is 0.128 e. The predicted molar refractivity (Wildman–Crippen MR) is 48.8 cm³/mol. The topological polar surface area (TPSA) is 20.2 Å². The fourth-order valence-electron chi connectivity index (χ4n) is 1.50. The smallest absolute Gasteiger partial charge is 0.128 e. The van der Waals surface area contributed by atoms with E-state index in [9.17, 15) is 4.39 Å². The summed E-state index contributed by atoms with van der Waals surface area (Å²) in [6.45, 7) is -0.213. The fraction of sp³-hybridized carbons (Fsp3) is 0.455. The van der Waals surface area contributed by atoms with Crippen LogP contribution in [0.2, 0.25) is 0 Å². The summed E-state index contributed by atoms with van der Waals surface area (Å²) in [6.07, 6.45) is 3.55. The molecule has 0 aliphatic heterocycles. The highest BCUT2D eigenvalue weighted by Gasteiger charge is 2.21. The molecule has 0 radical (unpaired) electrons. The summed E-state index contributed by atoms with van der Waals surface area (Å²) in [4.78, 5) is 0. The molecule has 0 saturated heterocycles. The summed E-state index contributed by atoms with van der Waals surface area (Å²) >= 11 is 0. The van der Waals surface area contributed by atoms with E-state index in [4.69, 9.17) is 5.11 Å². The number of aliphatic hydroxyl groups is 1. The van der Waals surface area contributed by atoms with Gasteiger partial charge in [-0.1, -0.05) is 12.1 Å². The Labute approximate surface area is 77.2 Å².